The maximum atomic E-state index is 5.57. The minimum atomic E-state index is 0.285. The average Bonchev–Trinajstić information content (AvgIpc) is 3.33. The van der Waals surface area contributed by atoms with Gasteiger partial charge in [0.2, 0.25) is 0 Å². The molecule has 0 amide bonds. The minimum Gasteiger partial charge on any atom is -0.495 e. The highest BCUT2D eigenvalue weighted by Gasteiger charge is 2.26. The molecule has 7 nitrogen and oxygen atoms in total. The number of benzene rings is 2. The smallest absolute Gasteiger partial charge is 0.191 e. The normalized spacial score (nSPS) is 20.8. The summed E-state index contributed by atoms with van der Waals surface area (Å²) in [7, 11) is 3.57. The molecule has 2 aliphatic heterocycles. The quantitative estimate of drug-likeness (QED) is 0.513. The first kappa shape index (κ1) is 22.4. The van der Waals surface area contributed by atoms with Gasteiger partial charge in [0.1, 0.15) is 5.75 Å². The Morgan fingerprint density at radius 3 is 2.59 bits per heavy atom. The predicted octanol–water partition coefficient (Wildman–Crippen LogP) is 2.51. The number of nitrogens with one attached hydrogen (secondary N) is 2. The molecule has 2 heterocycles. The number of aliphatic imine (C=N–C) groups is 1. The fraction of sp³-hybridized carbons (Fsp3) is 0.480. The van der Waals surface area contributed by atoms with Crippen LogP contribution in [0.1, 0.15) is 18.0 Å². The Bertz CT molecular complexity index is 870. The second kappa shape index (κ2) is 11.2. The zero-order chi connectivity index (χ0) is 22.2. The molecule has 0 saturated carbocycles. The number of guanidine groups is 1. The largest absolute Gasteiger partial charge is 0.495 e. The van der Waals surface area contributed by atoms with Crippen LogP contribution in [0.5, 0.6) is 5.75 Å². The lowest BCUT2D eigenvalue weighted by molar-refractivity contribution is 0.0170. The number of ether oxygens (including phenoxy) is 2. The molecule has 2 fully saturated rings. The van der Waals surface area contributed by atoms with Gasteiger partial charge in [-0.05, 0) is 24.1 Å². The zero-order valence-corrected chi connectivity index (χ0v) is 19.2. The molecule has 7 heteroatoms. The number of anilines is 1. The van der Waals surface area contributed by atoms with Crippen molar-refractivity contribution < 1.29 is 9.47 Å². The van der Waals surface area contributed by atoms with Gasteiger partial charge in [-0.3, -0.25) is 9.89 Å². The van der Waals surface area contributed by atoms with Crippen molar-refractivity contribution in [3.05, 3.63) is 60.2 Å². The first-order chi connectivity index (χ1) is 15.8. The summed E-state index contributed by atoms with van der Waals surface area (Å²) in [6.45, 7) is 6.19. The third-order valence-electron chi connectivity index (χ3n) is 6.31. The third kappa shape index (κ3) is 5.53. The van der Waals surface area contributed by atoms with Crippen molar-refractivity contribution in [1.29, 1.82) is 0 Å². The fourth-order valence-corrected chi connectivity index (χ4v) is 4.59. The van der Waals surface area contributed by atoms with Crippen molar-refractivity contribution in [1.82, 2.24) is 15.5 Å². The van der Waals surface area contributed by atoms with E-state index in [0.717, 1.165) is 69.8 Å². The van der Waals surface area contributed by atoms with Gasteiger partial charge >= 0.3 is 0 Å². The molecule has 2 aromatic rings. The Kier molecular flexibility index (Phi) is 7.85. The van der Waals surface area contributed by atoms with E-state index in [9.17, 15) is 0 Å². The molecule has 0 aromatic heterocycles. The third-order valence-corrected chi connectivity index (χ3v) is 6.31. The van der Waals surface area contributed by atoms with Crippen LogP contribution in [0, 0.1) is 0 Å². The number of methoxy groups -OCH3 is 1. The Morgan fingerprint density at radius 2 is 1.84 bits per heavy atom. The van der Waals surface area contributed by atoms with Crippen LogP contribution < -0.4 is 20.3 Å². The molecule has 0 aliphatic carbocycles. The highest BCUT2D eigenvalue weighted by molar-refractivity contribution is 5.80. The van der Waals surface area contributed by atoms with Crippen LogP contribution in [0.4, 0.5) is 5.69 Å². The molecule has 32 heavy (non-hydrogen) atoms. The monoisotopic (exact) mass is 437 g/mol. The van der Waals surface area contributed by atoms with Crippen LogP contribution in [0.15, 0.2) is 59.6 Å². The van der Waals surface area contributed by atoms with Crippen molar-refractivity contribution in [3.63, 3.8) is 0 Å². The molecule has 2 aromatic carbocycles. The highest BCUT2D eigenvalue weighted by Crippen LogP contribution is 2.30. The van der Waals surface area contributed by atoms with Gasteiger partial charge in [0, 0.05) is 45.8 Å². The Balaban J connectivity index is 1.35. The SMILES string of the molecule is CN=C(NCC(c1ccccc1)N1CCOCC1)NC1CCN(c2ccccc2OC)C1. The summed E-state index contributed by atoms with van der Waals surface area (Å²) >= 11 is 0. The number of rotatable bonds is 7. The second-order valence-electron chi connectivity index (χ2n) is 8.28. The number of nitrogens with zero attached hydrogens (tertiary/aromatic N) is 3. The number of hydrogen-bond acceptors (Lipinski definition) is 5. The van der Waals surface area contributed by atoms with Gasteiger partial charge < -0.3 is 25.0 Å². The van der Waals surface area contributed by atoms with E-state index in [1.54, 1.807) is 7.11 Å². The van der Waals surface area contributed by atoms with Gasteiger partial charge in [-0.1, -0.05) is 42.5 Å². The molecular weight excluding hydrogens is 402 g/mol. The molecule has 0 radical (unpaired) electrons. The van der Waals surface area contributed by atoms with Crippen LogP contribution >= 0.6 is 0 Å². The number of para-hydroxylation sites is 2. The lowest BCUT2D eigenvalue weighted by atomic mass is 10.0. The van der Waals surface area contributed by atoms with Crippen LogP contribution in [0.3, 0.4) is 0 Å². The van der Waals surface area contributed by atoms with Gasteiger partial charge in [0.05, 0.1) is 32.1 Å². The van der Waals surface area contributed by atoms with E-state index in [1.165, 1.54) is 5.56 Å². The maximum absolute atomic E-state index is 5.57. The van der Waals surface area contributed by atoms with Crippen molar-refractivity contribution in [2.45, 2.75) is 18.5 Å². The molecular formula is C25H35N5O2. The van der Waals surface area contributed by atoms with Crippen molar-refractivity contribution in [2.75, 3.05) is 65.0 Å². The van der Waals surface area contributed by atoms with Gasteiger partial charge in [-0.2, -0.15) is 0 Å². The predicted molar refractivity (Wildman–Crippen MR) is 130 cm³/mol. The summed E-state index contributed by atoms with van der Waals surface area (Å²) in [6, 6.07) is 19.6. The van der Waals surface area contributed by atoms with Crippen LogP contribution in [-0.2, 0) is 4.74 Å². The fourth-order valence-electron chi connectivity index (χ4n) is 4.59. The first-order valence-corrected chi connectivity index (χ1v) is 11.5. The van der Waals surface area contributed by atoms with E-state index < -0.39 is 0 Å². The van der Waals surface area contributed by atoms with Crippen molar-refractivity contribution in [3.8, 4) is 5.75 Å². The zero-order valence-electron chi connectivity index (χ0n) is 19.2. The Hall–Kier alpha value is -2.77. The van der Waals surface area contributed by atoms with E-state index >= 15 is 0 Å². The van der Waals surface area contributed by atoms with E-state index in [-0.39, 0.29) is 6.04 Å². The molecule has 0 bridgehead atoms. The summed E-state index contributed by atoms with van der Waals surface area (Å²) in [5.41, 5.74) is 2.47. The summed E-state index contributed by atoms with van der Waals surface area (Å²) in [5.74, 6) is 1.78. The lowest BCUT2D eigenvalue weighted by Crippen LogP contribution is -2.48. The molecule has 2 unspecified atom stereocenters. The lowest BCUT2D eigenvalue weighted by Gasteiger charge is -2.35. The number of morpholine rings is 1. The van der Waals surface area contributed by atoms with Gasteiger partial charge in [0.25, 0.3) is 0 Å². The molecule has 2 saturated heterocycles. The summed E-state index contributed by atoms with van der Waals surface area (Å²) in [6.07, 6.45) is 1.06. The topological polar surface area (TPSA) is 61.4 Å². The van der Waals surface area contributed by atoms with E-state index in [4.69, 9.17) is 9.47 Å². The molecule has 2 aliphatic rings. The number of hydrogen-bond donors (Lipinski definition) is 2. The first-order valence-electron chi connectivity index (χ1n) is 11.5. The highest BCUT2D eigenvalue weighted by atomic mass is 16.5. The molecule has 0 spiro atoms. The maximum Gasteiger partial charge on any atom is 0.191 e. The summed E-state index contributed by atoms with van der Waals surface area (Å²) < 4.78 is 11.1. The Labute approximate surface area is 191 Å². The average molecular weight is 438 g/mol. The Morgan fingerprint density at radius 1 is 1.09 bits per heavy atom. The van der Waals surface area contributed by atoms with Gasteiger partial charge in [-0.25, -0.2) is 0 Å². The van der Waals surface area contributed by atoms with E-state index in [0.29, 0.717) is 6.04 Å². The van der Waals surface area contributed by atoms with Crippen molar-refractivity contribution >= 4 is 11.6 Å². The van der Waals surface area contributed by atoms with E-state index in [1.807, 2.05) is 19.2 Å². The molecule has 2 atom stereocenters. The summed E-state index contributed by atoms with van der Waals surface area (Å²) in [4.78, 5) is 9.38. The second-order valence-corrected chi connectivity index (χ2v) is 8.28. The summed E-state index contributed by atoms with van der Waals surface area (Å²) in [5, 5.41) is 7.21. The molecule has 2 N–H and O–H groups in total. The van der Waals surface area contributed by atoms with Gasteiger partial charge in [0.15, 0.2) is 5.96 Å². The molecule has 4 rings (SSSR count). The van der Waals surface area contributed by atoms with Crippen molar-refractivity contribution in [2.24, 2.45) is 4.99 Å². The standard InChI is InChI=1S/C25H35N5O2/c1-26-25(28-21-12-13-30(19-21)22-10-6-7-11-24(22)31-2)27-18-23(20-8-4-3-5-9-20)29-14-16-32-17-15-29/h3-11,21,23H,12-19H2,1-2H3,(H2,26,27,28). The van der Waals surface area contributed by atoms with Crippen LogP contribution in [-0.4, -0.2) is 77.0 Å². The van der Waals surface area contributed by atoms with Crippen LogP contribution in [0.25, 0.3) is 0 Å². The van der Waals surface area contributed by atoms with E-state index in [2.05, 4.69) is 67.9 Å². The van der Waals surface area contributed by atoms with Gasteiger partial charge in [-0.15, -0.1) is 0 Å². The minimum absolute atomic E-state index is 0.285. The van der Waals surface area contributed by atoms with Crippen LogP contribution in [0.2, 0.25) is 0 Å². The molecule has 172 valence electrons.